The highest BCUT2D eigenvalue weighted by Crippen LogP contribution is 2.67. The summed E-state index contributed by atoms with van der Waals surface area (Å²) >= 11 is 0. The van der Waals surface area contributed by atoms with Gasteiger partial charge >= 0.3 is 0 Å². The second-order valence-electron chi connectivity index (χ2n) is 9.78. The summed E-state index contributed by atoms with van der Waals surface area (Å²) in [7, 11) is 0. The summed E-state index contributed by atoms with van der Waals surface area (Å²) in [6, 6.07) is 0. The van der Waals surface area contributed by atoms with Gasteiger partial charge in [0, 0.05) is 5.41 Å². The van der Waals surface area contributed by atoms with Gasteiger partial charge in [0.2, 0.25) is 0 Å². The van der Waals surface area contributed by atoms with E-state index in [2.05, 4.69) is 6.92 Å². The lowest BCUT2D eigenvalue weighted by molar-refractivity contribution is -0.180. The molecule has 0 aliphatic heterocycles. The maximum Gasteiger partial charge on any atom is 0.161 e. The van der Waals surface area contributed by atoms with E-state index in [9.17, 15) is 25.2 Å². The van der Waals surface area contributed by atoms with E-state index in [1.54, 1.807) is 6.08 Å². The third kappa shape index (κ3) is 2.09. The Hall–Kier alpha value is -0.750. The van der Waals surface area contributed by atoms with Crippen molar-refractivity contribution in [2.45, 2.75) is 83.2 Å². The van der Waals surface area contributed by atoms with Crippen LogP contribution in [0.25, 0.3) is 0 Å². The summed E-state index contributed by atoms with van der Waals surface area (Å²) in [4.78, 5) is 12.3. The van der Waals surface area contributed by atoms with Crippen LogP contribution in [-0.2, 0) is 4.79 Å². The van der Waals surface area contributed by atoms with Gasteiger partial charge < -0.3 is 20.4 Å². The first kappa shape index (κ1) is 18.6. The van der Waals surface area contributed by atoms with Crippen molar-refractivity contribution < 1.29 is 25.2 Å². The van der Waals surface area contributed by atoms with Gasteiger partial charge in [-0.05, 0) is 74.2 Å². The molecule has 0 aromatic carbocycles. The van der Waals surface area contributed by atoms with E-state index in [0.29, 0.717) is 19.3 Å². The van der Waals surface area contributed by atoms with Crippen LogP contribution in [0.5, 0.6) is 0 Å². The van der Waals surface area contributed by atoms with Crippen molar-refractivity contribution in [1.29, 1.82) is 0 Å². The van der Waals surface area contributed by atoms with Crippen molar-refractivity contribution in [2.24, 2.45) is 28.6 Å². The van der Waals surface area contributed by atoms with Crippen molar-refractivity contribution in [3.05, 3.63) is 11.6 Å². The molecule has 4 aliphatic rings. The Kier molecular flexibility index (Phi) is 4.03. The number of fused-ring (bicyclic) bond motifs is 5. The van der Waals surface area contributed by atoms with E-state index >= 15 is 0 Å². The first-order chi connectivity index (χ1) is 12.1. The molecule has 5 heteroatoms. The summed E-state index contributed by atoms with van der Waals surface area (Å²) in [5, 5.41) is 43.1. The van der Waals surface area contributed by atoms with Crippen LogP contribution >= 0.6 is 0 Å². The minimum absolute atomic E-state index is 0.0185. The SMILES string of the molecule is CC(=O)[C@@]1(O)CC[C@H]2[C@@H]3[C@@H](O)[C@H](O)C4=C[C@@H](O)CC[C@]4(C)[C@H]3CC[C@@]21C. The Bertz CT molecular complexity index is 659. The second-order valence-corrected chi connectivity index (χ2v) is 9.78. The average Bonchev–Trinajstić information content (AvgIpc) is 2.87. The normalized spacial score (nSPS) is 56.2. The predicted molar refractivity (Wildman–Crippen MR) is 96.1 cm³/mol. The van der Waals surface area contributed by atoms with E-state index in [-0.39, 0.29) is 29.0 Å². The van der Waals surface area contributed by atoms with Crippen molar-refractivity contribution in [3.63, 3.8) is 0 Å². The Labute approximate surface area is 155 Å². The van der Waals surface area contributed by atoms with Crippen molar-refractivity contribution >= 4 is 5.78 Å². The predicted octanol–water partition coefficient (Wildman–Crippen LogP) is 1.57. The molecule has 0 aromatic rings. The molecule has 3 saturated carbocycles. The molecule has 0 unspecified atom stereocenters. The van der Waals surface area contributed by atoms with Crippen LogP contribution in [-0.4, -0.2) is 50.1 Å². The lowest BCUT2D eigenvalue weighted by Gasteiger charge is -2.61. The Morgan fingerprint density at radius 2 is 1.69 bits per heavy atom. The topological polar surface area (TPSA) is 98.0 Å². The van der Waals surface area contributed by atoms with Crippen LogP contribution in [0.1, 0.15) is 59.3 Å². The zero-order valence-electron chi connectivity index (χ0n) is 16.0. The van der Waals surface area contributed by atoms with Gasteiger partial charge in [-0.15, -0.1) is 0 Å². The van der Waals surface area contributed by atoms with Crippen LogP contribution in [0.3, 0.4) is 0 Å². The van der Waals surface area contributed by atoms with Crippen molar-refractivity contribution in [1.82, 2.24) is 0 Å². The number of carbonyl (C=O) groups is 1. The first-order valence-corrected chi connectivity index (χ1v) is 10.1. The van der Waals surface area contributed by atoms with E-state index in [1.807, 2.05) is 6.92 Å². The number of aliphatic hydroxyl groups excluding tert-OH is 3. The quantitative estimate of drug-likeness (QED) is 0.530. The fraction of sp³-hybridized carbons (Fsp3) is 0.857. The van der Waals surface area contributed by atoms with E-state index < -0.39 is 29.3 Å². The second kappa shape index (κ2) is 5.63. The molecule has 146 valence electrons. The van der Waals surface area contributed by atoms with Crippen molar-refractivity contribution in [3.8, 4) is 0 Å². The summed E-state index contributed by atoms with van der Waals surface area (Å²) in [6.45, 7) is 5.63. The highest BCUT2D eigenvalue weighted by Gasteiger charge is 2.68. The van der Waals surface area contributed by atoms with E-state index in [1.165, 1.54) is 6.92 Å². The van der Waals surface area contributed by atoms with Gasteiger partial charge in [0.15, 0.2) is 5.78 Å². The molecular formula is C21H32O5. The Morgan fingerprint density at radius 1 is 1.04 bits per heavy atom. The summed E-state index contributed by atoms with van der Waals surface area (Å²) in [6.07, 6.45) is 3.49. The van der Waals surface area contributed by atoms with Gasteiger partial charge in [-0.1, -0.05) is 19.9 Å². The molecule has 0 radical (unpaired) electrons. The molecule has 0 amide bonds. The van der Waals surface area contributed by atoms with Crippen LogP contribution in [0.15, 0.2) is 11.6 Å². The van der Waals surface area contributed by atoms with Crippen LogP contribution in [0.4, 0.5) is 0 Å². The van der Waals surface area contributed by atoms with Gasteiger partial charge in [0.25, 0.3) is 0 Å². The van der Waals surface area contributed by atoms with Crippen LogP contribution in [0.2, 0.25) is 0 Å². The minimum Gasteiger partial charge on any atom is -0.390 e. The number of carbonyl (C=O) groups excluding carboxylic acids is 1. The fourth-order valence-corrected chi connectivity index (χ4v) is 7.31. The number of hydrogen-bond donors (Lipinski definition) is 4. The average molecular weight is 364 g/mol. The van der Waals surface area contributed by atoms with E-state index in [0.717, 1.165) is 24.8 Å². The maximum atomic E-state index is 12.3. The van der Waals surface area contributed by atoms with Gasteiger partial charge in [0.05, 0.1) is 12.2 Å². The van der Waals surface area contributed by atoms with Crippen LogP contribution in [0, 0.1) is 28.6 Å². The number of Topliss-reactive ketones (excluding diaryl/α,β-unsaturated/α-hetero) is 1. The molecule has 4 aliphatic carbocycles. The number of rotatable bonds is 1. The smallest absolute Gasteiger partial charge is 0.161 e. The standard InChI is InChI=1S/C21H32O5/c1-11(22)21(26)9-6-14-16-13(5-8-20(14,21)3)19(2)7-4-12(23)10-15(19)17(24)18(16)25/h10,12-14,16-18,23-26H,4-9H2,1-3H3/t12-,13-,14-,16+,17+,18+,19+,20-,21-/m0/s1. The Morgan fingerprint density at radius 3 is 2.35 bits per heavy atom. The Balaban J connectivity index is 1.77. The molecule has 4 N–H and O–H groups in total. The van der Waals surface area contributed by atoms with Gasteiger partial charge in [-0.2, -0.15) is 0 Å². The molecule has 0 heterocycles. The molecule has 26 heavy (non-hydrogen) atoms. The number of aliphatic hydroxyl groups is 4. The van der Waals surface area contributed by atoms with Gasteiger partial charge in [-0.3, -0.25) is 4.79 Å². The van der Waals surface area contributed by atoms with Gasteiger partial charge in [0.1, 0.15) is 11.7 Å². The third-order valence-electron chi connectivity index (χ3n) is 8.91. The maximum absolute atomic E-state index is 12.3. The summed E-state index contributed by atoms with van der Waals surface area (Å²) < 4.78 is 0. The molecule has 3 fully saturated rings. The first-order valence-electron chi connectivity index (χ1n) is 10.1. The number of hydrogen-bond acceptors (Lipinski definition) is 5. The third-order valence-corrected chi connectivity index (χ3v) is 8.91. The number of ketones is 1. The molecule has 0 spiro atoms. The zero-order valence-corrected chi connectivity index (χ0v) is 16.0. The molecule has 0 aromatic heterocycles. The highest BCUT2D eigenvalue weighted by molar-refractivity contribution is 5.86. The van der Waals surface area contributed by atoms with Gasteiger partial charge in [-0.25, -0.2) is 0 Å². The van der Waals surface area contributed by atoms with Crippen molar-refractivity contribution in [2.75, 3.05) is 0 Å². The lowest BCUT2D eigenvalue weighted by Crippen LogP contribution is -2.63. The molecule has 0 bridgehead atoms. The lowest BCUT2D eigenvalue weighted by atomic mass is 9.45. The zero-order chi connectivity index (χ0) is 19.1. The molecule has 0 saturated heterocycles. The molecule has 4 rings (SSSR count). The summed E-state index contributed by atoms with van der Waals surface area (Å²) in [5.41, 5.74) is -1.33. The molecule has 5 nitrogen and oxygen atoms in total. The highest BCUT2D eigenvalue weighted by atomic mass is 16.3. The van der Waals surface area contributed by atoms with Crippen LogP contribution < -0.4 is 0 Å². The largest absolute Gasteiger partial charge is 0.390 e. The summed E-state index contributed by atoms with van der Waals surface area (Å²) in [5.74, 6) is -0.0917. The monoisotopic (exact) mass is 364 g/mol. The molecular weight excluding hydrogens is 332 g/mol. The fourth-order valence-electron chi connectivity index (χ4n) is 7.31. The van der Waals surface area contributed by atoms with E-state index in [4.69, 9.17) is 0 Å². The molecule has 9 atom stereocenters. The minimum atomic E-state index is -1.33.